The molecule has 0 aliphatic carbocycles. The van der Waals surface area contributed by atoms with Crippen molar-refractivity contribution in [3.63, 3.8) is 0 Å². The van der Waals surface area contributed by atoms with E-state index in [2.05, 4.69) is 5.32 Å². The number of carbonyl (C=O) groups excluding carboxylic acids is 3. The van der Waals surface area contributed by atoms with E-state index in [4.69, 9.17) is 4.74 Å². The summed E-state index contributed by atoms with van der Waals surface area (Å²) < 4.78 is 5.17. The number of hydrogen-bond donors (Lipinski definition) is 1. The van der Waals surface area contributed by atoms with Crippen molar-refractivity contribution in [3.05, 3.63) is 99.1 Å². The molecule has 180 valence electrons. The summed E-state index contributed by atoms with van der Waals surface area (Å²) in [6.45, 7) is 3.46. The van der Waals surface area contributed by atoms with E-state index in [9.17, 15) is 24.5 Å². The van der Waals surface area contributed by atoms with E-state index in [1.165, 1.54) is 42.1 Å². The van der Waals surface area contributed by atoms with Crippen LogP contribution in [0.5, 0.6) is 0 Å². The van der Waals surface area contributed by atoms with Crippen LogP contribution in [0.2, 0.25) is 0 Å². The van der Waals surface area contributed by atoms with Gasteiger partial charge in [-0.3, -0.25) is 19.7 Å². The summed E-state index contributed by atoms with van der Waals surface area (Å²) in [7, 11) is 0. The Balaban J connectivity index is 1.76. The Labute approximate surface area is 206 Å². The molecule has 0 bridgehead atoms. The Morgan fingerprint density at radius 3 is 2.31 bits per heavy atom. The second-order valence-corrected chi connectivity index (χ2v) is 8.73. The number of amides is 1. The van der Waals surface area contributed by atoms with E-state index in [0.717, 1.165) is 5.56 Å². The van der Waals surface area contributed by atoms with Crippen LogP contribution >= 0.6 is 11.8 Å². The molecule has 0 aliphatic rings. The number of anilines is 1. The maximum atomic E-state index is 13.1. The summed E-state index contributed by atoms with van der Waals surface area (Å²) in [6, 6.07) is 17.5. The average Bonchev–Trinajstić information content (AvgIpc) is 2.86. The Morgan fingerprint density at radius 1 is 1.00 bits per heavy atom. The molecule has 8 nitrogen and oxygen atoms in total. The predicted molar refractivity (Wildman–Crippen MR) is 134 cm³/mol. The molecular formula is C26H24N2O6S. The zero-order valence-electron chi connectivity index (χ0n) is 19.4. The summed E-state index contributed by atoms with van der Waals surface area (Å²) in [5, 5.41) is 14.1. The second-order valence-electron chi connectivity index (χ2n) is 7.88. The first-order valence-electron chi connectivity index (χ1n) is 10.7. The van der Waals surface area contributed by atoms with E-state index in [-0.39, 0.29) is 28.3 Å². The van der Waals surface area contributed by atoms with Crippen LogP contribution in [-0.2, 0) is 9.53 Å². The number of carbonyl (C=O) groups is 3. The van der Waals surface area contributed by atoms with E-state index in [0.29, 0.717) is 10.6 Å². The van der Waals surface area contributed by atoms with Gasteiger partial charge >= 0.3 is 5.97 Å². The van der Waals surface area contributed by atoms with Crippen LogP contribution < -0.4 is 5.32 Å². The van der Waals surface area contributed by atoms with Crippen LogP contribution in [-0.4, -0.2) is 35.4 Å². The van der Waals surface area contributed by atoms with Gasteiger partial charge in [0.25, 0.3) is 11.6 Å². The highest BCUT2D eigenvalue weighted by Crippen LogP contribution is 2.29. The van der Waals surface area contributed by atoms with Crippen LogP contribution in [0, 0.1) is 10.1 Å². The number of thioether (sulfide) groups is 1. The van der Waals surface area contributed by atoms with Crippen molar-refractivity contribution in [1.82, 2.24) is 0 Å². The first-order valence-corrected chi connectivity index (χ1v) is 12.0. The maximum Gasteiger partial charge on any atom is 0.339 e. The number of nitrogens with one attached hydrogen (secondary N) is 1. The number of ether oxygens (including phenoxy) is 1. The molecule has 0 saturated carbocycles. The van der Waals surface area contributed by atoms with Gasteiger partial charge in [0.2, 0.25) is 0 Å². The number of para-hydroxylation sites is 1. The molecule has 0 aromatic heterocycles. The number of rotatable bonds is 9. The molecule has 0 atom stereocenters. The van der Waals surface area contributed by atoms with Gasteiger partial charge in [-0.15, -0.1) is 11.8 Å². The fourth-order valence-electron chi connectivity index (χ4n) is 3.50. The molecule has 0 aliphatic heterocycles. The summed E-state index contributed by atoms with van der Waals surface area (Å²) >= 11 is 1.20. The highest BCUT2D eigenvalue weighted by molar-refractivity contribution is 7.98. The third-order valence-corrected chi connectivity index (χ3v) is 6.01. The molecular weight excluding hydrogens is 468 g/mol. The lowest BCUT2D eigenvalue weighted by atomic mass is 9.98. The largest absolute Gasteiger partial charge is 0.452 e. The van der Waals surface area contributed by atoms with Gasteiger partial charge in [0.1, 0.15) is 0 Å². The lowest BCUT2D eigenvalue weighted by Crippen LogP contribution is -2.22. The standard InChI is InChI=1S/C26H24N2O6S/c1-16(2)18-8-6-7-11-21(18)27-24(29)15-34-26(31)20-10-5-4-9-19(20)25(30)17-12-13-23(35-3)22(14-17)28(32)33/h4-14,16H,15H2,1-3H3,(H,27,29). The summed E-state index contributed by atoms with van der Waals surface area (Å²) in [5.41, 5.74) is 1.44. The highest BCUT2D eigenvalue weighted by Gasteiger charge is 2.23. The Bertz CT molecular complexity index is 1290. The van der Waals surface area contributed by atoms with Crippen molar-refractivity contribution >= 4 is 40.8 Å². The smallest absolute Gasteiger partial charge is 0.339 e. The molecule has 35 heavy (non-hydrogen) atoms. The molecule has 0 unspecified atom stereocenters. The molecule has 9 heteroatoms. The zero-order chi connectivity index (χ0) is 25.5. The maximum absolute atomic E-state index is 13.1. The molecule has 0 saturated heterocycles. The topological polar surface area (TPSA) is 116 Å². The second kappa shape index (κ2) is 11.4. The van der Waals surface area contributed by atoms with Crippen LogP contribution in [0.3, 0.4) is 0 Å². The van der Waals surface area contributed by atoms with Crippen molar-refractivity contribution in [1.29, 1.82) is 0 Å². The molecule has 3 aromatic carbocycles. The normalized spacial score (nSPS) is 10.6. The summed E-state index contributed by atoms with van der Waals surface area (Å²) in [4.78, 5) is 49.5. The highest BCUT2D eigenvalue weighted by atomic mass is 32.2. The quantitative estimate of drug-likeness (QED) is 0.138. The summed E-state index contributed by atoms with van der Waals surface area (Å²) in [5.74, 6) is -1.74. The molecule has 1 N–H and O–H groups in total. The Hall–Kier alpha value is -3.98. The molecule has 0 spiro atoms. The van der Waals surface area contributed by atoms with E-state index < -0.39 is 29.2 Å². The van der Waals surface area contributed by atoms with Crippen LogP contribution in [0.15, 0.2) is 71.6 Å². The lowest BCUT2D eigenvalue weighted by Gasteiger charge is -2.14. The van der Waals surface area contributed by atoms with Crippen molar-refractivity contribution in [3.8, 4) is 0 Å². The van der Waals surface area contributed by atoms with E-state index >= 15 is 0 Å². The summed E-state index contributed by atoms with van der Waals surface area (Å²) in [6.07, 6.45) is 1.70. The van der Waals surface area contributed by atoms with Gasteiger partial charge in [-0.2, -0.15) is 0 Å². The van der Waals surface area contributed by atoms with Gasteiger partial charge < -0.3 is 10.1 Å². The van der Waals surface area contributed by atoms with Gasteiger partial charge in [0, 0.05) is 22.9 Å². The SMILES string of the molecule is CSc1ccc(C(=O)c2ccccc2C(=O)OCC(=O)Nc2ccccc2C(C)C)cc1[N+](=O)[O-]. The molecule has 1 amide bonds. The molecule has 3 aromatic rings. The third-order valence-electron chi connectivity index (χ3n) is 5.22. The van der Waals surface area contributed by atoms with Crippen LogP contribution in [0.25, 0.3) is 0 Å². The van der Waals surface area contributed by atoms with Crippen molar-refractivity contribution in [2.24, 2.45) is 0 Å². The van der Waals surface area contributed by atoms with Crippen molar-refractivity contribution < 1.29 is 24.0 Å². The van der Waals surface area contributed by atoms with Crippen molar-refractivity contribution in [2.45, 2.75) is 24.7 Å². The number of benzene rings is 3. The Morgan fingerprint density at radius 2 is 1.66 bits per heavy atom. The van der Waals surface area contributed by atoms with Gasteiger partial charge in [-0.05, 0) is 42.0 Å². The minimum atomic E-state index is -0.850. The van der Waals surface area contributed by atoms with Gasteiger partial charge in [0.05, 0.1) is 15.4 Å². The molecule has 3 rings (SSSR count). The number of hydrogen-bond acceptors (Lipinski definition) is 7. The predicted octanol–water partition coefficient (Wildman–Crippen LogP) is 5.47. The van der Waals surface area contributed by atoms with Gasteiger partial charge in [-0.1, -0.05) is 50.2 Å². The fourth-order valence-corrected chi connectivity index (χ4v) is 4.04. The van der Waals surface area contributed by atoms with E-state index in [1.807, 2.05) is 26.0 Å². The molecule has 0 fully saturated rings. The number of ketones is 1. The van der Waals surface area contributed by atoms with Crippen LogP contribution in [0.1, 0.15) is 51.6 Å². The minimum absolute atomic E-state index is 0.0225. The average molecular weight is 493 g/mol. The molecule has 0 radical (unpaired) electrons. The lowest BCUT2D eigenvalue weighted by molar-refractivity contribution is -0.387. The number of nitro benzene ring substituents is 1. The minimum Gasteiger partial charge on any atom is -0.452 e. The van der Waals surface area contributed by atoms with Crippen molar-refractivity contribution in [2.75, 3.05) is 18.2 Å². The van der Waals surface area contributed by atoms with E-state index in [1.54, 1.807) is 30.5 Å². The first kappa shape index (κ1) is 25.6. The van der Waals surface area contributed by atoms with Gasteiger partial charge in [0.15, 0.2) is 12.4 Å². The van der Waals surface area contributed by atoms with Crippen LogP contribution in [0.4, 0.5) is 11.4 Å². The fraction of sp³-hybridized carbons (Fsp3) is 0.192. The number of nitrogens with zero attached hydrogens (tertiary/aromatic N) is 1. The number of esters is 1. The van der Waals surface area contributed by atoms with Gasteiger partial charge in [-0.25, -0.2) is 4.79 Å². The molecule has 0 heterocycles. The first-order chi connectivity index (χ1) is 16.7. The number of nitro groups is 1. The third kappa shape index (κ3) is 6.13. The zero-order valence-corrected chi connectivity index (χ0v) is 20.3. The monoisotopic (exact) mass is 492 g/mol. The Kier molecular flexibility index (Phi) is 8.38.